The van der Waals surface area contributed by atoms with Crippen LogP contribution in [-0.4, -0.2) is 59.3 Å². The summed E-state index contributed by atoms with van der Waals surface area (Å²) in [5.41, 5.74) is 4.67. The molecular weight excluding hydrogens is 266 g/mol. The van der Waals surface area contributed by atoms with E-state index in [9.17, 15) is 14.4 Å². The highest BCUT2D eigenvalue weighted by Crippen LogP contribution is 2.23. The number of amides is 3. The van der Waals surface area contributed by atoms with Crippen molar-refractivity contribution in [3.63, 3.8) is 0 Å². The molecule has 0 radical (unpaired) electrons. The molecule has 1 unspecified atom stereocenters. The molecule has 3 amide bonds. The molecule has 1 rings (SSSR count). The van der Waals surface area contributed by atoms with Crippen LogP contribution in [0.2, 0.25) is 0 Å². The van der Waals surface area contributed by atoms with Gasteiger partial charge in [0.15, 0.2) is 0 Å². The van der Waals surface area contributed by atoms with Crippen LogP contribution in [0.25, 0.3) is 0 Å². The molecule has 1 fully saturated rings. The normalized spacial score (nSPS) is 21.0. The molecule has 0 saturated carbocycles. The molecule has 0 bridgehead atoms. The Labute approximate surface area is 117 Å². The van der Waals surface area contributed by atoms with Gasteiger partial charge in [0.1, 0.15) is 13.1 Å². The fourth-order valence-corrected chi connectivity index (χ4v) is 2.17. The van der Waals surface area contributed by atoms with Gasteiger partial charge in [-0.05, 0) is 26.7 Å². The Hall–Kier alpha value is -1.83. The lowest BCUT2D eigenvalue weighted by Gasteiger charge is -2.36. The second kappa shape index (κ2) is 6.56. The van der Waals surface area contributed by atoms with Crippen LogP contribution in [0.5, 0.6) is 0 Å². The third-order valence-corrected chi connectivity index (χ3v) is 2.98. The lowest BCUT2D eigenvalue weighted by atomic mass is 9.94. The summed E-state index contributed by atoms with van der Waals surface area (Å²) < 4.78 is 5.53. The second-order valence-electron chi connectivity index (χ2n) is 5.46. The lowest BCUT2D eigenvalue weighted by Crippen LogP contribution is -2.52. The van der Waals surface area contributed by atoms with Crippen molar-refractivity contribution < 1.29 is 24.2 Å². The van der Waals surface area contributed by atoms with E-state index in [1.54, 1.807) is 0 Å². The van der Waals surface area contributed by atoms with Crippen molar-refractivity contribution in [2.24, 2.45) is 5.73 Å². The summed E-state index contributed by atoms with van der Waals surface area (Å²) in [5, 5.41) is 11.5. The van der Waals surface area contributed by atoms with Crippen molar-refractivity contribution in [3.05, 3.63) is 0 Å². The number of hydrogen-bond acceptors (Lipinski definition) is 4. The second-order valence-corrected chi connectivity index (χ2v) is 5.46. The quantitative estimate of drug-likeness (QED) is 0.630. The van der Waals surface area contributed by atoms with Crippen LogP contribution in [0.1, 0.15) is 26.7 Å². The highest BCUT2D eigenvalue weighted by Gasteiger charge is 2.31. The summed E-state index contributed by atoms with van der Waals surface area (Å²) >= 11 is 0. The first-order valence-corrected chi connectivity index (χ1v) is 6.39. The van der Waals surface area contributed by atoms with Gasteiger partial charge in [-0.25, -0.2) is 4.79 Å². The molecule has 1 heterocycles. The van der Waals surface area contributed by atoms with Gasteiger partial charge in [-0.2, -0.15) is 0 Å². The Bertz CT molecular complexity index is 381. The molecule has 114 valence electrons. The minimum Gasteiger partial charge on any atom is -0.480 e. The van der Waals surface area contributed by atoms with Crippen molar-refractivity contribution in [1.29, 1.82) is 0 Å². The Morgan fingerprint density at radius 3 is 2.55 bits per heavy atom. The third kappa shape index (κ3) is 5.43. The Morgan fingerprint density at radius 2 is 2.05 bits per heavy atom. The number of carboxylic acids is 1. The van der Waals surface area contributed by atoms with Crippen LogP contribution < -0.4 is 11.1 Å². The predicted molar refractivity (Wildman–Crippen MR) is 70.0 cm³/mol. The maximum absolute atomic E-state index is 12.0. The SMILES string of the molecule is CC1(C)CC(NC(=O)N(CC(N)=O)CC(=O)O)CCO1. The summed E-state index contributed by atoms with van der Waals surface area (Å²) in [4.78, 5) is 34.5. The number of carboxylic acid groups (broad SMARTS) is 1. The zero-order valence-electron chi connectivity index (χ0n) is 11.7. The highest BCUT2D eigenvalue weighted by atomic mass is 16.5. The van der Waals surface area contributed by atoms with Crippen LogP contribution >= 0.6 is 0 Å². The number of primary amides is 1. The summed E-state index contributed by atoms with van der Waals surface area (Å²) in [6.45, 7) is 3.37. The zero-order valence-corrected chi connectivity index (χ0v) is 11.7. The zero-order chi connectivity index (χ0) is 15.3. The van der Waals surface area contributed by atoms with E-state index in [1.165, 1.54) is 0 Å². The molecule has 0 aromatic carbocycles. The number of nitrogens with two attached hydrogens (primary N) is 1. The number of ether oxygens (including phenoxy) is 1. The summed E-state index contributed by atoms with van der Waals surface area (Å²) in [6.07, 6.45) is 1.27. The molecule has 8 nitrogen and oxygen atoms in total. The Kier molecular flexibility index (Phi) is 5.32. The first kappa shape index (κ1) is 16.2. The molecule has 20 heavy (non-hydrogen) atoms. The van der Waals surface area contributed by atoms with E-state index in [-0.39, 0.29) is 11.6 Å². The van der Waals surface area contributed by atoms with Gasteiger partial charge < -0.3 is 25.8 Å². The van der Waals surface area contributed by atoms with Gasteiger partial charge in [0, 0.05) is 12.6 Å². The Morgan fingerprint density at radius 1 is 1.40 bits per heavy atom. The topological polar surface area (TPSA) is 122 Å². The number of rotatable bonds is 5. The average molecular weight is 287 g/mol. The van der Waals surface area contributed by atoms with Gasteiger partial charge in [-0.15, -0.1) is 0 Å². The van der Waals surface area contributed by atoms with E-state index < -0.39 is 31.0 Å². The van der Waals surface area contributed by atoms with Gasteiger partial charge in [0.2, 0.25) is 5.91 Å². The standard InChI is InChI=1S/C12H21N3O5/c1-12(2)5-8(3-4-20-12)14-11(19)15(6-9(13)16)7-10(17)18/h8H,3-7H2,1-2H3,(H2,13,16)(H,14,19)(H,17,18). The summed E-state index contributed by atoms with van der Waals surface area (Å²) in [6, 6.07) is -0.718. The van der Waals surface area contributed by atoms with E-state index in [1.807, 2.05) is 13.8 Å². The van der Waals surface area contributed by atoms with E-state index in [0.29, 0.717) is 19.4 Å². The van der Waals surface area contributed by atoms with Crippen molar-refractivity contribution in [2.75, 3.05) is 19.7 Å². The van der Waals surface area contributed by atoms with E-state index >= 15 is 0 Å². The summed E-state index contributed by atoms with van der Waals surface area (Å²) in [7, 11) is 0. The van der Waals surface area contributed by atoms with Crippen LogP contribution in [0.4, 0.5) is 4.79 Å². The predicted octanol–water partition coefficient (Wildman–Crippen LogP) is -0.474. The molecule has 0 aromatic rings. The molecule has 1 aliphatic heterocycles. The molecule has 1 saturated heterocycles. The van der Waals surface area contributed by atoms with Crippen LogP contribution in [0.15, 0.2) is 0 Å². The van der Waals surface area contributed by atoms with Crippen LogP contribution in [0.3, 0.4) is 0 Å². The molecule has 0 aromatic heterocycles. The van der Waals surface area contributed by atoms with Crippen LogP contribution in [-0.2, 0) is 14.3 Å². The number of carbonyl (C=O) groups excluding carboxylic acids is 2. The first-order valence-electron chi connectivity index (χ1n) is 6.39. The van der Waals surface area contributed by atoms with Gasteiger partial charge in [-0.3, -0.25) is 9.59 Å². The number of aliphatic carboxylic acids is 1. The van der Waals surface area contributed by atoms with Crippen molar-refractivity contribution in [2.45, 2.75) is 38.3 Å². The maximum Gasteiger partial charge on any atom is 0.323 e. The maximum atomic E-state index is 12.0. The van der Waals surface area contributed by atoms with Crippen molar-refractivity contribution >= 4 is 17.9 Å². The highest BCUT2D eigenvalue weighted by molar-refractivity contribution is 5.86. The molecule has 0 aliphatic carbocycles. The van der Waals surface area contributed by atoms with E-state index in [2.05, 4.69) is 5.32 Å². The van der Waals surface area contributed by atoms with Crippen LogP contribution in [0, 0.1) is 0 Å². The molecule has 1 aliphatic rings. The first-order chi connectivity index (χ1) is 9.19. The third-order valence-electron chi connectivity index (χ3n) is 2.98. The van der Waals surface area contributed by atoms with Crippen molar-refractivity contribution in [1.82, 2.24) is 10.2 Å². The van der Waals surface area contributed by atoms with Gasteiger partial charge in [0.25, 0.3) is 0 Å². The van der Waals surface area contributed by atoms with Gasteiger partial charge in [-0.1, -0.05) is 0 Å². The van der Waals surface area contributed by atoms with E-state index in [0.717, 1.165) is 4.90 Å². The van der Waals surface area contributed by atoms with E-state index in [4.69, 9.17) is 15.6 Å². The van der Waals surface area contributed by atoms with Gasteiger partial charge in [0.05, 0.1) is 5.60 Å². The number of nitrogens with one attached hydrogen (secondary N) is 1. The largest absolute Gasteiger partial charge is 0.480 e. The molecule has 0 spiro atoms. The molecular formula is C12H21N3O5. The molecule has 1 atom stereocenters. The minimum absolute atomic E-state index is 0.115. The average Bonchev–Trinajstić information content (AvgIpc) is 2.25. The fraction of sp³-hybridized carbons (Fsp3) is 0.750. The number of urea groups is 1. The smallest absolute Gasteiger partial charge is 0.323 e. The Balaban J connectivity index is 2.60. The number of nitrogens with zero attached hydrogens (tertiary/aromatic N) is 1. The van der Waals surface area contributed by atoms with Gasteiger partial charge >= 0.3 is 12.0 Å². The fourth-order valence-electron chi connectivity index (χ4n) is 2.17. The monoisotopic (exact) mass is 287 g/mol. The summed E-state index contributed by atoms with van der Waals surface area (Å²) in [5.74, 6) is -1.96. The minimum atomic E-state index is -1.20. The molecule has 4 N–H and O–H groups in total. The van der Waals surface area contributed by atoms with Crippen molar-refractivity contribution in [3.8, 4) is 0 Å². The lowest BCUT2D eigenvalue weighted by molar-refractivity contribution is -0.137. The molecule has 8 heteroatoms. The number of hydrogen-bond donors (Lipinski definition) is 3. The number of carbonyl (C=O) groups is 3.